The summed E-state index contributed by atoms with van der Waals surface area (Å²) in [4.78, 5) is 24.0. The van der Waals surface area contributed by atoms with Crippen molar-refractivity contribution < 1.29 is 39.5 Å². The summed E-state index contributed by atoms with van der Waals surface area (Å²) in [5.41, 5.74) is 0. The van der Waals surface area contributed by atoms with Crippen LogP contribution >= 0.6 is 0 Å². The van der Waals surface area contributed by atoms with Crippen molar-refractivity contribution in [3.8, 4) is 0 Å². The van der Waals surface area contributed by atoms with Crippen molar-refractivity contribution in [2.75, 3.05) is 13.2 Å². The summed E-state index contributed by atoms with van der Waals surface area (Å²) in [5.74, 6) is -0.254. The molecule has 4 N–H and O–H groups in total. The fraction of sp³-hybridized carbons (Fsp3) is 0.842. The van der Waals surface area contributed by atoms with Crippen LogP contribution < -0.4 is 0 Å². The van der Waals surface area contributed by atoms with Crippen molar-refractivity contribution in [1.82, 2.24) is 0 Å². The lowest BCUT2D eigenvalue weighted by Crippen LogP contribution is -2.25. The van der Waals surface area contributed by atoms with Gasteiger partial charge in [0.15, 0.2) is 0 Å². The van der Waals surface area contributed by atoms with E-state index in [4.69, 9.17) is 9.47 Å². The molecule has 0 heterocycles. The standard InChI is InChI=1S/C38H68O8/c1-4-5-15-21-31(39)25-26-34-33(35(41)27-36(34)42)22-17-13-14-19-24-38(44)46-29-32(40)28-45-37(43)23-18-12-10-8-6-7-9-11-16-20-30(2)3/h13,17,25-26,30-36,39-42H,4-12,14-16,18-24,27-29H2,1-3H3/b17-13+,26-25+/t31-,32+,33+,34+,35-,36+/m0/s1. The third-order valence-corrected chi connectivity index (χ3v) is 8.94. The van der Waals surface area contributed by atoms with Gasteiger partial charge >= 0.3 is 11.9 Å². The second-order valence-electron chi connectivity index (χ2n) is 13.8. The number of hydrogen-bond acceptors (Lipinski definition) is 8. The Morgan fingerprint density at radius 2 is 1.30 bits per heavy atom. The Hall–Kier alpha value is -1.74. The molecule has 0 unspecified atom stereocenters. The normalized spacial score (nSPS) is 21.4. The van der Waals surface area contributed by atoms with Gasteiger partial charge in [-0.3, -0.25) is 9.59 Å². The summed E-state index contributed by atoms with van der Waals surface area (Å²) in [5, 5.41) is 41.0. The number of hydrogen-bond donors (Lipinski definition) is 4. The first kappa shape index (κ1) is 42.3. The first-order valence-electron chi connectivity index (χ1n) is 18.5. The molecule has 0 amide bonds. The Morgan fingerprint density at radius 3 is 1.91 bits per heavy atom. The lowest BCUT2D eigenvalue weighted by molar-refractivity contribution is -0.152. The fourth-order valence-electron chi connectivity index (χ4n) is 6.03. The zero-order chi connectivity index (χ0) is 34.0. The van der Waals surface area contributed by atoms with Gasteiger partial charge in [0.05, 0.1) is 18.3 Å². The number of ether oxygens (including phenoxy) is 2. The molecule has 1 aliphatic carbocycles. The Morgan fingerprint density at radius 1 is 0.739 bits per heavy atom. The SMILES string of the molecule is CCCCC[C@H](O)/C=C/[C@@H]1[C@@H](C/C=C/CCCC(=O)OC[C@H](O)COC(=O)CCCCCCCCCCCC(C)C)[C@@H](O)C[C@H]1O. The molecule has 0 spiro atoms. The van der Waals surface area contributed by atoms with Crippen molar-refractivity contribution >= 4 is 11.9 Å². The highest BCUT2D eigenvalue weighted by Crippen LogP contribution is 2.36. The van der Waals surface area contributed by atoms with Crippen LogP contribution in [0.4, 0.5) is 0 Å². The molecular formula is C38H68O8. The van der Waals surface area contributed by atoms with E-state index in [1.54, 1.807) is 6.08 Å². The van der Waals surface area contributed by atoms with Crippen molar-refractivity contribution in [2.24, 2.45) is 17.8 Å². The molecular weight excluding hydrogens is 584 g/mol. The van der Waals surface area contributed by atoms with Gasteiger partial charge in [-0.25, -0.2) is 0 Å². The Kier molecular flexibility index (Phi) is 25.0. The lowest BCUT2D eigenvalue weighted by atomic mass is 9.89. The predicted octanol–water partition coefficient (Wildman–Crippen LogP) is 7.35. The zero-order valence-electron chi connectivity index (χ0n) is 29.3. The molecule has 1 saturated carbocycles. The smallest absolute Gasteiger partial charge is 0.305 e. The number of aliphatic hydroxyl groups excluding tert-OH is 4. The highest BCUT2D eigenvalue weighted by molar-refractivity contribution is 5.69. The van der Waals surface area contributed by atoms with E-state index < -0.39 is 30.4 Å². The molecule has 0 aromatic rings. The maximum Gasteiger partial charge on any atom is 0.305 e. The van der Waals surface area contributed by atoms with Crippen molar-refractivity contribution in [3.63, 3.8) is 0 Å². The van der Waals surface area contributed by atoms with Gasteiger partial charge in [0.25, 0.3) is 0 Å². The van der Waals surface area contributed by atoms with Crippen molar-refractivity contribution in [1.29, 1.82) is 0 Å². The third kappa shape index (κ3) is 21.9. The maximum absolute atomic E-state index is 12.0. The summed E-state index contributed by atoms with van der Waals surface area (Å²) in [6, 6.07) is 0. The first-order chi connectivity index (χ1) is 22.1. The van der Waals surface area contributed by atoms with Gasteiger partial charge in [0, 0.05) is 25.2 Å². The molecule has 0 aliphatic heterocycles. The molecule has 0 saturated heterocycles. The summed E-state index contributed by atoms with van der Waals surface area (Å²) in [7, 11) is 0. The van der Waals surface area contributed by atoms with Crippen LogP contribution in [0.2, 0.25) is 0 Å². The Labute approximate surface area is 280 Å². The highest BCUT2D eigenvalue weighted by atomic mass is 16.6. The van der Waals surface area contributed by atoms with Crippen molar-refractivity contribution in [2.45, 2.75) is 174 Å². The lowest BCUT2D eigenvalue weighted by Gasteiger charge is -2.19. The van der Waals surface area contributed by atoms with Crippen LogP contribution in [0.1, 0.15) is 149 Å². The molecule has 268 valence electrons. The van der Waals surface area contributed by atoms with Gasteiger partial charge in [0.2, 0.25) is 0 Å². The Balaban J connectivity index is 2.09. The average Bonchev–Trinajstić information content (AvgIpc) is 3.29. The Bertz CT molecular complexity index is 826. The van der Waals surface area contributed by atoms with Gasteiger partial charge in [-0.1, -0.05) is 122 Å². The second kappa shape index (κ2) is 27.2. The quantitative estimate of drug-likeness (QED) is 0.0392. The largest absolute Gasteiger partial charge is 0.463 e. The summed E-state index contributed by atoms with van der Waals surface area (Å²) < 4.78 is 10.3. The van der Waals surface area contributed by atoms with Crippen LogP contribution in [0.15, 0.2) is 24.3 Å². The number of rotatable bonds is 28. The van der Waals surface area contributed by atoms with E-state index in [0.29, 0.717) is 38.5 Å². The fourth-order valence-corrected chi connectivity index (χ4v) is 6.03. The minimum Gasteiger partial charge on any atom is -0.463 e. The minimum atomic E-state index is -1.04. The van der Waals surface area contributed by atoms with Gasteiger partial charge in [-0.05, 0) is 43.9 Å². The van der Waals surface area contributed by atoms with Gasteiger partial charge < -0.3 is 29.9 Å². The summed E-state index contributed by atoms with van der Waals surface area (Å²) in [6.45, 7) is 6.29. The van der Waals surface area contributed by atoms with Crippen LogP contribution in [0.5, 0.6) is 0 Å². The van der Waals surface area contributed by atoms with Crippen LogP contribution in [0.25, 0.3) is 0 Å². The molecule has 1 aliphatic rings. The number of unbranched alkanes of at least 4 members (excludes halogenated alkanes) is 11. The van der Waals surface area contributed by atoms with Crippen LogP contribution in [-0.4, -0.2) is 70.0 Å². The predicted molar refractivity (Wildman–Crippen MR) is 184 cm³/mol. The van der Waals surface area contributed by atoms with Crippen LogP contribution in [-0.2, 0) is 19.1 Å². The number of allylic oxidation sites excluding steroid dienone is 2. The van der Waals surface area contributed by atoms with Gasteiger partial charge in [-0.15, -0.1) is 0 Å². The molecule has 46 heavy (non-hydrogen) atoms. The third-order valence-electron chi connectivity index (χ3n) is 8.94. The number of carbonyl (C=O) groups excluding carboxylic acids is 2. The molecule has 0 aromatic heterocycles. The van der Waals surface area contributed by atoms with E-state index in [2.05, 4.69) is 20.8 Å². The van der Waals surface area contributed by atoms with E-state index >= 15 is 0 Å². The number of carbonyl (C=O) groups is 2. The van der Waals surface area contributed by atoms with Crippen LogP contribution in [0.3, 0.4) is 0 Å². The molecule has 0 aromatic carbocycles. The van der Waals surface area contributed by atoms with Gasteiger partial charge in [0.1, 0.15) is 19.3 Å². The number of aliphatic hydroxyl groups is 4. The first-order valence-corrected chi connectivity index (χ1v) is 18.5. The molecule has 0 radical (unpaired) electrons. The zero-order valence-corrected chi connectivity index (χ0v) is 29.3. The molecule has 6 atom stereocenters. The molecule has 1 fully saturated rings. The maximum atomic E-state index is 12.0. The topological polar surface area (TPSA) is 134 Å². The van der Waals surface area contributed by atoms with E-state index in [9.17, 15) is 30.0 Å². The number of esters is 2. The monoisotopic (exact) mass is 652 g/mol. The van der Waals surface area contributed by atoms with Crippen LogP contribution in [0, 0.1) is 17.8 Å². The van der Waals surface area contributed by atoms with Crippen molar-refractivity contribution in [3.05, 3.63) is 24.3 Å². The highest BCUT2D eigenvalue weighted by Gasteiger charge is 2.39. The second-order valence-corrected chi connectivity index (χ2v) is 13.8. The summed E-state index contributed by atoms with van der Waals surface area (Å²) >= 11 is 0. The van der Waals surface area contributed by atoms with E-state index in [1.165, 1.54) is 44.9 Å². The molecule has 0 bridgehead atoms. The molecule has 1 rings (SSSR count). The minimum absolute atomic E-state index is 0.116. The molecule has 8 heteroatoms. The summed E-state index contributed by atoms with van der Waals surface area (Å²) in [6.07, 6.45) is 23.4. The van der Waals surface area contributed by atoms with Gasteiger partial charge in [-0.2, -0.15) is 0 Å². The van der Waals surface area contributed by atoms with E-state index in [1.807, 2.05) is 18.2 Å². The van der Waals surface area contributed by atoms with E-state index in [-0.39, 0.29) is 37.4 Å². The average molecular weight is 653 g/mol. The molecule has 8 nitrogen and oxygen atoms in total. The van der Waals surface area contributed by atoms with E-state index in [0.717, 1.165) is 44.4 Å².